The molecule has 0 unspecified atom stereocenters. The van der Waals surface area contributed by atoms with Crippen LogP contribution in [-0.4, -0.2) is 24.0 Å². The van der Waals surface area contributed by atoms with Crippen molar-refractivity contribution in [2.45, 2.75) is 6.18 Å². The Hall–Kier alpha value is -0.920. The molecule has 19 heavy (non-hydrogen) atoms. The zero-order chi connectivity index (χ0) is 14.5. The van der Waals surface area contributed by atoms with E-state index in [1.807, 2.05) is 0 Å². The van der Waals surface area contributed by atoms with E-state index < -0.39 is 16.8 Å². The molecule has 1 aromatic rings. The van der Waals surface area contributed by atoms with Crippen LogP contribution in [0.25, 0.3) is 0 Å². The molecule has 1 rings (SSSR count). The summed E-state index contributed by atoms with van der Waals surface area (Å²) in [4.78, 5) is 11.4. The van der Waals surface area contributed by atoms with Crippen LogP contribution >= 0.6 is 23.4 Å². The van der Waals surface area contributed by atoms with E-state index >= 15 is 0 Å². The molecule has 106 valence electrons. The van der Waals surface area contributed by atoms with Gasteiger partial charge in [-0.05, 0) is 18.2 Å². The summed E-state index contributed by atoms with van der Waals surface area (Å²) in [6.07, 6.45) is -4.55. The molecule has 0 aromatic heterocycles. The van der Waals surface area contributed by atoms with Crippen LogP contribution < -0.4 is 11.1 Å². The fourth-order valence-corrected chi connectivity index (χ4v) is 2.06. The lowest BCUT2D eigenvalue weighted by Gasteiger charge is -2.11. The van der Waals surface area contributed by atoms with Crippen molar-refractivity contribution in [2.24, 2.45) is 5.73 Å². The minimum atomic E-state index is -4.55. The second kappa shape index (κ2) is 7.02. The van der Waals surface area contributed by atoms with Gasteiger partial charge in [-0.15, -0.1) is 0 Å². The minimum Gasteiger partial charge on any atom is -0.330 e. The summed E-state index contributed by atoms with van der Waals surface area (Å²) in [6.45, 7) is 0.442. The van der Waals surface area contributed by atoms with E-state index in [1.165, 1.54) is 17.8 Å². The second-order valence-corrected chi connectivity index (χ2v) is 5.09. The van der Waals surface area contributed by atoms with Gasteiger partial charge in [-0.25, -0.2) is 0 Å². The van der Waals surface area contributed by atoms with Crippen molar-refractivity contribution in [1.82, 2.24) is 0 Å². The number of anilines is 1. The van der Waals surface area contributed by atoms with Gasteiger partial charge in [-0.3, -0.25) is 4.79 Å². The van der Waals surface area contributed by atoms with Crippen molar-refractivity contribution in [3.05, 3.63) is 28.8 Å². The van der Waals surface area contributed by atoms with Crippen molar-refractivity contribution in [1.29, 1.82) is 0 Å². The summed E-state index contributed by atoms with van der Waals surface area (Å²) in [7, 11) is 0. The molecule has 0 saturated heterocycles. The van der Waals surface area contributed by atoms with Gasteiger partial charge in [-0.2, -0.15) is 24.9 Å². The molecule has 1 amide bonds. The van der Waals surface area contributed by atoms with Crippen LogP contribution in [0.1, 0.15) is 5.56 Å². The molecule has 0 radical (unpaired) electrons. The number of benzene rings is 1. The number of hydrogen-bond donors (Lipinski definition) is 2. The van der Waals surface area contributed by atoms with Crippen molar-refractivity contribution in [3.63, 3.8) is 0 Å². The lowest BCUT2D eigenvalue weighted by atomic mass is 10.2. The molecule has 0 aliphatic carbocycles. The van der Waals surface area contributed by atoms with Crippen LogP contribution in [0.2, 0.25) is 5.02 Å². The first-order valence-corrected chi connectivity index (χ1v) is 6.82. The maximum Gasteiger partial charge on any atom is 0.417 e. The van der Waals surface area contributed by atoms with Gasteiger partial charge in [0.05, 0.1) is 16.3 Å². The Balaban J connectivity index is 2.72. The highest BCUT2D eigenvalue weighted by molar-refractivity contribution is 7.99. The molecule has 1 aromatic carbocycles. The molecule has 0 fully saturated rings. The Labute approximate surface area is 117 Å². The number of amides is 1. The van der Waals surface area contributed by atoms with E-state index in [1.54, 1.807) is 0 Å². The number of alkyl halides is 3. The predicted octanol–water partition coefficient (Wildman–Crippen LogP) is 2.99. The fraction of sp³-hybridized carbons (Fsp3) is 0.364. The lowest BCUT2D eigenvalue weighted by molar-refractivity contribution is -0.137. The number of thioether (sulfide) groups is 1. The van der Waals surface area contributed by atoms with E-state index in [9.17, 15) is 18.0 Å². The van der Waals surface area contributed by atoms with E-state index in [4.69, 9.17) is 17.3 Å². The first kappa shape index (κ1) is 16.1. The van der Waals surface area contributed by atoms with E-state index in [2.05, 4.69) is 5.32 Å². The van der Waals surface area contributed by atoms with E-state index in [-0.39, 0.29) is 17.3 Å². The van der Waals surface area contributed by atoms with Gasteiger partial charge >= 0.3 is 6.18 Å². The Bertz CT molecular complexity index is 454. The second-order valence-electron chi connectivity index (χ2n) is 3.58. The van der Waals surface area contributed by atoms with Crippen LogP contribution in [0.15, 0.2) is 18.2 Å². The molecule has 0 spiro atoms. The third-order valence-electron chi connectivity index (χ3n) is 2.05. The summed E-state index contributed by atoms with van der Waals surface area (Å²) in [5.41, 5.74) is 4.35. The average molecular weight is 313 g/mol. The summed E-state index contributed by atoms with van der Waals surface area (Å²) in [5, 5.41) is 1.98. The SMILES string of the molecule is NCCSCC(=O)Nc1ccc(Cl)c(C(F)(F)F)c1. The number of rotatable bonds is 5. The standard InChI is InChI=1S/C11H12ClF3N2OS/c12-9-2-1-7(5-8(9)11(13,14)15)17-10(18)6-19-4-3-16/h1-2,5H,3-4,6,16H2,(H,17,18). The minimum absolute atomic E-state index is 0.0649. The monoisotopic (exact) mass is 312 g/mol. The van der Waals surface area contributed by atoms with E-state index in [0.29, 0.717) is 12.3 Å². The number of nitrogens with one attached hydrogen (secondary N) is 1. The molecule has 0 atom stereocenters. The van der Waals surface area contributed by atoms with Gasteiger partial charge in [0.15, 0.2) is 0 Å². The average Bonchev–Trinajstić information content (AvgIpc) is 2.30. The summed E-state index contributed by atoms with van der Waals surface area (Å²) in [5.74, 6) is 0.372. The molecule has 8 heteroatoms. The Kier molecular flexibility index (Phi) is 5.96. The molecule has 3 nitrogen and oxygen atoms in total. The largest absolute Gasteiger partial charge is 0.417 e. The fourth-order valence-electron chi connectivity index (χ4n) is 1.27. The Morgan fingerprint density at radius 1 is 1.42 bits per heavy atom. The van der Waals surface area contributed by atoms with Crippen LogP contribution in [0, 0.1) is 0 Å². The highest BCUT2D eigenvalue weighted by Gasteiger charge is 2.33. The van der Waals surface area contributed by atoms with Crippen LogP contribution in [0.4, 0.5) is 18.9 Å². The molecule has 3 N–H and O–H groups in total. The smallest absolute Gasteiger partial charge is 0.330 e. The Morgan fingerprint density at radius 2 is 2.11 bits per heavy atom. The number of carbonyl (C=O) groups is 1. The third-order valence-corrected chi connectivity index (χ3v) is 3.37. The quantitative estimate of drug-likeness (QED) is 0.822. The van der Waals surface area contributed by atoms with Gasteiger partial charge < -0.3 is 11.1 Å². The molecule has 0 aliphatic rings. The maximum absolute atomic E-state index is 12.6. The number of halogens is 4. The van der Waals surface area contributed by atoms with Gasteiger partial charge in [0.1, 0.15) is 0 Å². The molecule has 0 aliphatic heterocycles. The zero-order valence-electron chi connectivity index (χ0n) is 9.76. The van der Waals surface area contributed by atoms with Crippen molar-refractivity contribution < 1.29 is 18.0 Å². The molecule has 0 bridgehead atoms. The number of hydrogen-bond acceptors (Lipinski definition) is 3. The topological polar surface area (TPSA) is 55.1 Å². The van der Waals surface area contributed by atoms with Gasteiger partial charge in [0.2, 0.25) is 5.91 Å². The molecular weight excluding hydrogens is 301 g/mol. The molecule has 0 saturated carbocycles. The lowest BCUT2D eigenvalue weighted by Crippen LogP contribution is -2.16. The number of carbonyl (C=O) groups excluding carboxylic acids is 1. The van der Waals surface area contributed by atoms with Crippen molar-refractivity contribution in [2.75, 3.05) is 23.4 Å². The van der Waals surface area contributed by atoms with Gasteiger partial charge in [0, 0.05) is 18.0 Å². The Morgan fingerprint density at radius 3 is 2.68 bits per heavy atom. The summed E-state index contributed by atoms with van der Waals surface area (Å²) in [6, 6.07) is 3.24. The maximum atomic E-state index is 12.6. The first-order chi connectivity index (χ1) is 8.84. The van der Waals surface area contributed by atoms with Crippen LogP contribution in [0.5, 0.6) is 0 Å². The summed E-state index contributed by atoms with van der Waals surface area (Å²) >= 11 is 6.78. The van der Waals surface area contributed by atoms with Gasteiger partial charge in [-0.1, -0.05) is 11.6 Å². The normalized spacial score (nSPS) is 11.4. The number of nitrogens with two attached hydrogens (primary N) is 1. The van der Waals surface area contributed by atoms with Crippen LogP contribution in [-0.2, 0) is 11.0 Å². The third kappa shape index (κ3) is 5.30. The first-order valence-electron chi connectivity index (χ1n) is 5.29. The molecule has 0 heterocycles. The highest BCUT2D eigenvalue weighted by atomic mass is 35.5. The van der Waals surface area contributed by atoms with E-state index in [0.717, 1.165) is 12.1 Å². The highest BCUT2D eigenvalue weighted by Crippen LogP contribution is 2.36. The molecular formula is C11H12ClF3N2OS. The van der Waals surface area contributed by atoms with Crippen molar-refractivity contribution in [3.8, 4) is 0 Å². The zero-order valence-corrected chi connectivity index (χ0v) is 11.3. The van der Waals surface area contributed by atoms with Crippen LogP contribution in [0.3, 0.4) is 0 Å². The van der Waals surface area contributed by atoms with Crippen molar-refractivity contribution >= 4 is 35.0 Å². The summed E-state index contributed by atoms with van der Waals surface area (Å²) < 4.78 is 37.8. The van der Waals surface area contributed by atoms with Gasteiger partial charge in [0.25, 0.3) is 0 Å². The predicted molar refractivity (Wildman–Crippen MR) is 71.5 cm³/mol.